The van der Waals surface area contributed by atoms with Crippen molar-refractivity contribution in [2.45, 2.75) is 147 Å². The Kier molecular flexibility index (Phi) is 30.7. The van der Waals surface area contributed by atoms with Crippen molar-refractivity contribution in [2.75, 3.05) is 38.3 Å². The third kappa shape index (κ3) is 25.2. The number of carbonyl (C=O) groups is 10. The number of H-pyrrole nitrogens is 1. The number of imidazole rings is 1. The summed E-state index contributed by atoms with van der Waals surface area (Å²) in [5, 5.41) is 62.6. The van der Waals surface area contributed by atoms with Crippen molar-refractivity contribution in [3.8, 4) is 5.75 Å². The van der Waals surface area contributed by atoms with Crippen molar-refractivity contribution in [1.82, 2.24) is 57.8 Å². The van der Waals surface area contributed by atoms with Gasteiger partial charge in [-0.05, 0) is 86.1 Å². The molecule has 79 heavy (non-hydrogen) atoms. The van der Waals surface area contributed by atoms with Crippen molar-refractivity contribution >= 4 is 70.9 Å². The number of nitrogens with one attached hydrogen (secondary N) is 10. The fourth-order valence-electron chi connectivity index (χ4n) is 7.78. The number of nitrogens with two attached hydrogens (primary N) is 2. The highest BCUT2D eigenvalue weighted by Gasteiger charge is 2.35. The maximum Gasteiger partial charge on any atom is 0.326 e. The lowest BCUT2D eigenvalue weighted by Gasteiger charge is -2.28. The van der Waals surface area contributed by atoms with E-state index in [0.29, 0.717) is 42.8 Å². The summed E-state index contributed by atoms with van der Waals surface area (Å²) >= 11 is 1.37. The summed E-state index contributed by atoms with van der Waals surface area (Å²) in [4.78, 5) is 141. The number of thioether (sulfide) groups is 1. The number of phenols is 1. The lowest BCUT2D eigenvalue weighted by Crippen LogP contribution is -2.61. The van der Waals surface area contributed by atoms with Crippen LogP contribution >= 0.6 is 11.8 Å². The van der Waals surface area contributed by atoms with Gasteiger partial charge >= 0.3 is 5.97 Å². The largest absolute Gasteiger partial charge is 0.508 e. The summed E-state index contributed by atoms with van der Waals surface area (Å²) in [6.07, 6.45) is 6.03. The molecule has 2 aromatic rings. The van der Waals surface area contributed by atoms with Crippen LogP contribution in [-0.4, -0.2) is 182 Å². The first kappa shape index (κ1) is 68.2. The Morgan fingerprint density at radius 1 is 0.608 bits per heavy atom. The molecule has 0 aliphatic heterocycles. The van der Waals surface area contributed by atoms with E-state index in [-0.39, 0.29) is 49.7 Å². The van der Waals surface area contributed by atoms with Gasteiger partial charge in [0.15, 0.2) is 0 Å². The van der Waals surface area contributed by atoms with Crippen LogP contribution < -0.4 is 59.3 Å². The number of nitrogens with zero attached hydrogens (tertiary/aromatic N) is 1. The molecule has 9 amide bonds. The van der Waals surface area contributed by atoms with Crippen molar-refractivity contribution in [3.05, 3.63) is 48.0 Å². The molecule has 0 fully saturated rings. The number of aromatic amines is 1. The van der Waals surface area contributed by atoms with Crippen LogP contribution in [-0.2, 0) is 60.8 Å². The second-order valence-corrected chi connectivity index (χ2v) is 21.2. The summed E-state index contributed by atoms with van der Waals surface area (Å²) in [7, 11) is 0. The van der Waals surface area contributed by atoms with Gasteiger partial charge in [0, 0.05) is 24.7 Å². The summed E-state index contributed by atoms with van der Waals surface area (Å²) < 4.78 is 0. The third-order valence-corrected chi connectivity index (χ3v) is 12.8. The highest BCUT2D eigenvalue weighted by Crippen LogP contribution is 2.14. The first-order valence-corrected chi connectivity index (χ1v) is 27.6. The molecule has 18 N–H and O–H groups in total. The van der Waals surface area contributed by atoms with E-state index >= 15 is 0 Å². The number of rotatable bonds is 37. The van der Waals surface area contributed by atoms with E-state index in [9.17, 15) is 68.4 Å². The van der Waals surface area contributed by atoms with Gasteiger partial charge in [-0.1, -0.05) is 60.1 Å². The molecule has 0 saturated carbocycles. The number of carbonyl (C=O) groups excluding carboxylic acids is 9. The second-order valence-electron chi connectivity index (χ2n) is 20.2. The van der Waals surface area contributed by atoms with Gasteiger partial charge in [-0.2, -0.15) is 11.8 Å². The molecule has 1 heterocycles. The van der Waals surface area contributed by atoms with Crippen LogP contribution in [0, 0.1) is 17.8 Å². The predicted octanol–water partition coefficient (Wildman–Crippen LogP) is -3.08. The number of hydrogen-bond acceptors (Lipinski definition) is 17. The molecule has 0 aliphatic carbocycles. The molecular formula is C51H83N13O14S. The van der Waals surface area contributed by atoms with Crippen molar-refractivity contribution < 1.29 is 68.4 Å². The molecule has 442 valence electrons. The summed E-state index contributed by atoms with van der Waals surface area (Å²) in [5.74, 6) is -9.73. The number of benzene rings is 1. The minimum atomic E-state index is -1.68. The topological polar surface area (TPSA) is 441 Å². The molecule has 1 aromatic heterocycles. The fourth-order valence-corrected chi connectivity index (χ4v) is 8.25. The van der Waals surface area contributed by atoms with Gasteiger partial charge in [0.2, 0.25) is 53.2 Å². The van der Waals surface area contributed by atoms with Crippen LogP contribution in [0.4, 0.5) is 0 Å². The minimum absolute atomic E-state index is 0.0114. The molecule has 0 unspecified atom stereocenters. The Hall–Kier alpha value is -6.88. The number of unbranched alkanes of at least 4 members (excludes halogenated alkanes) is 1. The van der Waals surface area contributed by atoms with Gasteiger partial charge in [-0.15, -0.1) is 0 Å². The molecule has 28 heteroatoms. The van der Waals surface area contributed by atoms with Gasteiger partial charge in [-0.25, -0.2) is 9.78 Å². The number of aliphatic hydroxyl groups is 2. The van der Waals surface area contributed by atoms with Crippen LogP contribution in [0.15, 0.2) is 36.8 Å². The van der Waals surface area contributed by atoms with E-state index in [1.807, 2.05) is 13.8 Å². The summed E-state index contributed by atoms with van der Waals surface area (Å²) in [6.45, 7) is 8.05. The third-order valence-electron chi connectivity index (χ3n) is 12.2. The number of aromatic hydroxyl groups is 1. The van der Waals surface area contributed by atoms with Crippen LogP contribution in [0.2, 0.25) is 0 Å². The smallest absolute Gasteiger partial charge is 0.326 e. The molecule has 0 bridgehead atoms. The fraction of sp³-hybridized carbons (Fsp3) is 0.627. The van der Waals surface area contributed by atoms with Crippen molar-refractivity contribution in [3.63, 3.8) is 0 Å². The predicted molar refractivity (Wildman–Crippen MR) is 292 cm³/mol. The van der Waals surface area contributed by atoms with E-state index in [1.54, 1.807) is 34.0 Å². The van der Waals surface area contributed by atoms with Gasteiger partial charge in [0.25, 0.3) is 0 Å². The molecule has 0 spiro atoms. The van der Waals surface area contributed by atoms with E-state index in [4.69, 9.17) is 11.5 Å². The molecule has 1 aromatic carbocycles. The SMILES string of the molecule is CSCC[C@H](NC(=O)[C@H](Cc1ccc(O)cc1)NC(=O)CNC(=O)[C@@H](NC(=O)[C@H](CO)NC(=O)[C@H](CC(C)C)NC(=O)[C@H](CO)NC(=O)[C@H](CC(C)C)NC(=O)[C@@H](N)CCCCN)C(C)C)C(=O)N[C@@H](Cc1cnc[nH]1)C(=O)O. The first-order chi connectivity index (χ1) is 37.3. The Morgan fingerprint density at radius 3 is 1.59 bits per heavy atom. The maximum absolute atomic E-state index is 13.9. The van der Waals surface area contributed by atoms with Crippen molar-refractivity contribution in [1.29, 1.82) is 0 Å². The van der Waals surface area contributed by atoms with Crippen LogP contribution in [0.3, 0.4) is 0 Å². The normalized spacial score (nSPS) is 14.7. The Bertz CT molecular complexity index is 2290. The Labute approximate surface area is 464 Å². The molecule has 2 rings (SSSR count). The van der Waals surface area contributed by atoms with E-state index in [1.165, 1.54) is 48.6 Å². The molecule has 0 saturated heterocycles. The highest BCUT2D eigenvalue weighted by atomic mass is 32.2. The summed E-state index contributed by atoms with van der Waals surface area (Å²) in [5.41, 5.74) is 12.5. The van der Waals surface area contributed by atoms with Gasteiger partial charge in [-0.3, -0.25) is 43.2 Å². The number of aromatic nitrogens is 2. The number of amides is 9. The average molecular weight is 1130 g/mol. The van der Waals surface area contributed by atoms with E-state index < -0.39 is 139 Å². The first-order valence-electron chi connectivity index (χ1n) is 26.2. The lowest BCUT2D eigenvalue weighted by molar-refractivity contribution is -0.142. The van der Waals surface area contributed by atoms with Gasteiger partial charge in [0.1, 0.15) is 54.1 Å². The quantitative estimate of drug-likeness (QED) is 0.0298. The zero-order valence-corrected chi connectivity index (χ0v) is 46.8. The highest BCUT2D eigenvalue weighted by molar-refractivity contribution is 7.98. The van der Waals surface area contributed by atoms with Crippen LogP contribution in [0.5, 0.6) is 5.75 Å². The Morgan fingerprint density at radius 2 is 1.10 bits per heavy atom. The summed E-state index contributed by atoms with van der Waals surface area (Å²) in [6, 6.07) is -6.35. The van der Waals surface area contributed by atoms with E-state index in [0.717, 1.165) is 0 Å². The standard InChI is InChI=1S/C51H83N13O14S/c1-27(2)18-35(59-43(69)33(53)10-8-9-16-52)45(71)62-39(24-65)48(74)60-36(19-28(3)4)46(72)63-40(25-66)49(75)64-42(29(5)6)50(76)55-23-41(68)57-37(20-30-11-13-32(67)14-12-30)47(73)58-34(15-17-79-7)44(70)61-38(51(77)78)21-31-22-54-26-56-31/h11-14,22,26-29,33-40,42,65-67H,8-10,15-21,23-25,52-53H2,1-7H3,(H,54,56)(H,55,76)(H,57,68)(H,58,73)(H,59,69)(H,60,74)(H,61,70)(H,62,71)(H,63,72)(H,64,75)(H,77,78)/t33-,34-,35-,36-,37-,38-,39-,40-,42-/m0/s1. The lowest BCUT2D eigenvalue weighted by atomic mass is 10.0. The van der Waals surface area contributed by atoms with Gasteiger partial charge in [0.05, 0.1) is 32.1 Å². The molecule has 0 aliphatic rings. The van der Waals surface area contributed by atoms with Crippen LogP contribution in [0.1, 0.15) is 91.3 Å². The zero-order chi connectivity index (χ0) is 59.4. The molecule has 9 atom stereocenters. The monoisotopic (exact) mass is 1130 g/mol. The minimum Gasteiger partial charge on any atom is -0.508 e. The second kappa shape index (κ2) is 35.6. The Balaban J connectivity index is 2.20. The number of aliphatic hydroxyl groups excluding tert-OH is 2. The van der Waals surface area contributed by atoms with Crippen LogP contribution in [0.25, 0.3) is 0 Å². The molecular weight excluding hydrogens is 1050 g/mol. The number of carboxylic acids is 1. The van der Waals surface area contributed by atoms with Gasteiger partial charge < -0.3 is 84.7 Å². The number of carboxylic acid groups (broad SMARTS) is 1. The zero-order valence-electron chi connectivity index (χ0n) is 46.0. The number of aliphatic carboxylic acids is 1. The molecule has 27 nitrogen and oxygen atoms in total. The number of hydrogen-bond donors (Lipinski definition) is 16. The van der Waals surface area contributed by atoms with Crippen molar-refractivity contribution in [2.24, 2.45) is 29.2 Å². The number of phenolic OH excluding ortho intramolecular Hbond substituents is 1. The van der Waals surface area contributed by atoms with E-state index in [2.05, 4.69) is 57.8 Å². The average Bonchev–Trinajstić information content (AvgIpc) is 3.92. The molecule has 0 radical (unpaired) electrons. The maximum atomic E-state index is 13.9.